The van der Waals surface area contributed by atoms with Crippen LogP contribution in [0.1, 0.15) is 28.5 Å². The molecule has 1 saturated heterocycles. The first-order valence-corrected chi connectivity index (χ1v) is 11.8. The lowest BCUT2D eigenvalue weighted by atomic mass is 9.99. The predicted molar refractivity (Wildman–Crippen MR) is 145 cm³/mol. The maximum atomic E-state index is 12.8. The summed E-state index contributed by atoms with van der Waals surface area (Å²) in [5.74, 6) is 0.463. The smallest absolute Gasteiger partial charge is 0.278 e. The second kappa shape index (κ2) is 12.1. The van der Waals surface area contributed by atoms with Crippen molar-refractivity contribution in [2.75, 3.05) is 50.9 Å². The number of halogens is 1. The molecule has 1 amide bonds. The lowest BCUT2D eigenvalue weighted by molar-refractivity contribution is 0.0858. The SMILES string of the molecule is Cc1cc(OCCN2CCN(C)CC2C)cc(C)c1-c1cnc(N)c(C(=O)Nc2cccnc2)n1.Cl. The summed E-state index contributed by atoms with van der Waals surface area (Å²) in [5.41, 5.74) is 10.1. The number of hydrogen-bond donors (Lipinski definition) is 2. The summed E-state index contributed by atoms with van der Waals surface area (Å²) in [5, 5.41) is 2.76. The lowest BCUT2D eigenvalue weighted by Gasteiger charge is -2.38. The van der Waals surface area contributed by atoms with Gasteiger partial charge in [0.2, 0.25) is 0 Å². The van der Waals surface area contributed by atoms with E-state index in [1.165, 1.54) is 0 Å². The van der Waals surface area contributed by atoms with Gasteiger partial charge in [0, 0.05) is 44.0 Å². The van der Waals surface area contributed by atoms with E-state index in [4.69, 9.17) is 10.5 Å². The Morgan fingerprint density at radius 3 is 2.64 bits per heavy atom. The molecule has 3 aromatic rings. The highest BCUT2D eigenvalue weighted by atomic mass is 35.5. The van der Waals surface area contributed by atoms with Crippen LogP contribution in [-0.4, -0.2) is 76.5 Å². The van der Waals surface area contributed by atoms with Crippen LogP contribution in [0, 0.1) is 13.8 Å². The first kappa shape index (κ1) is 27.3. The van der Waals surface area contributed by atoms with Crippen molar-refractivity contribution in [2.24, 2.45) is 0 Å². The van der Waals surface area contributed by atoms with Gasteiger partial charge in [0.1, 0.15) is 12.4 Å². The number of aromatic nitrogens is 3. The van der Waals surface area contributed by atoms with E-state index < -0.39 is 5.91 Å². The van der Waals surface area contributed by atoms with Crippen molar-refractivity contribution >= 4 is 29.8 Å². The van der Waals surface area contributed by atoms with Gasteiger partial charge in [-0.1, -0.05) is 0 Å². The maximum absolute atomic E-state index is 12.8. The highest BCUT2D eigenvalue weighted by molar-refractivity contribution is 6.05. The average molecular weight is 512 g/mol. The number of nitrogens with two attached hydrogens (primary N) is 1. The summed E-state index contributed by atoms with van der Waals surface area (Å²) in [4.78, 5) is 30.4. The van der Waals surface area contributed by atoms with Crippen molar-refractivity contribution in [3.05, 3.63) is 59.7 Å². The minimum atomic E-state index is -0.432. The topological polar surface area (TPSA) is 110 Å². The third kappa shape index (κ3) is 6.48. The third-order valence-electron chi connectivity index (χ3n) is 6.31. The van der Waals surface area contributed by atoms with Crippen LogP contribution in [0.25, 0.3) is 11.3 Å². The fourth-order valence-electron chi connectivity index (χ4n) is 4.51. The van der Waals surface area contributed by atoms with Crippen molar-refractivity contribution in [1.82, 2.24) is 24.8 Å². The highest BCUT2D eigenvalue weighted by Crippen LogP contribution is 2.30. The fraction of sp³-hybridized carbons (Fsp3) is 0.385. The minimum absolute atomic E-state index is 0. The number of pyridine rings is 1. The largest absolute Gasteiger partial charge is 0.492 e. The highest BCUT2D eigenvalue weighted by Gasteiger charge is 2.21. The Bertz CT molecular complexity index is 1170. The number of piperazine rings is 1. The van der Waals surface area contributed by atoms with Gasteiger partial charge in [-0.2, -0.15) is 0 Å². The Morgan fingerprint density at radius 1 is 1.22 bits per heavy atom. The van der Waals surface area contributed by atoms with E-state index in [2.05, 4.69) is 44.0 Å². The van der Waals surface area contributed by atoms with Crippen LogP contribution in [0.15, 0.2) is 42.9 Å². The molecule has 2 aromatic heterocycles. The molecule has 0 saturated carbocycles. The van der Waals surface area contributed by atoms with Crippen LogP contribution in [0.2, 0.25) is 0 Å². The molecule has 9 nitrogen and oxygen atoms in total. The Labute approximate surface area is 218 Å². The Kier molecular flexibility index (Phi) is 9.19. The molecule has 1 aliphatic rings. The van der Waals surface area contributed by atoms with Crippen molar-refractivity contribution < 1.29 is 9.53 Å². The monoisotopic (exact) mass is 511 g/mol. The van der Waals surface area contributed by atoms with Crippen molar-refractivity contribution in [3.8, 4) is 17.0 Å². The van der Waals surface area contributed by atoms with E-state index in [1.807, 2.05) is 26.0 Å². The zero-order valence-electron chi connectivity index (χ0n) is 21.2. The number of nitrogens with zero attached hydrogens (tertiary/aromatic N) is 5. The molecule has 1 unspecified atom stereocenters. The molecule has 0 bridgehead atoms. The van der Waals surface area contributed by atoms with Crippen LogP contribution in [-0.2, 0) is 0 Å². The summed E-state index contributed by atoms with van der Waals surface area (Å²) in [6.07, 6.45) is 4.79. The predicted octanol–water partition coefficient (Wildman–Crippen LogP) is 3.43. The van der Waals surface area contributed by atoms with Gasteiger partial charge in [0.25, 0.3) is 5.91 Å². The number of amides is 1. The van der Waals surface area contributed by atoms with Gasteiger partial charge in [0.15, 0.2) is 11.5 Å². The summed E-state index contributed by atoms with van der Waals surface area (Å²) >= 11 is 0. The zero-order valence-corrected chi connectivity index (χ0v) is 22.0. The summed E-state index contributed by atoms with van der Waals surface area (Å²) in [7, 11) is 2.17. The molecule has 0 radical (unpaired) electrons. The lowest BCUT2D eigenvalue weighted by Crippen LogP contribution is -2.51. The molecule has 0 spiro atoms. The van der Waals surface area contributed by atoms with Crippen LogP contribution in [0.4, 0.5) is 11.5 Å². The number of ether oxygens (including phenoxy) is 1. The second-order valence-corrected chi connectivity index (χ2v) is 9.11. The van der Waals surface area contributed by atoms with E-state index in [0.29, 0.717) is 24.0 Å². The van der Waals surface area contributed by atoms with E-state index in [1.54, 1.807) is 30.7 Å². The molecular weight excluding hydrogens is 478 g/mol. The molecule has 0 aliphatic carbocycles. The normalized spacial score (nSPS) is 16.3. The van der Waals surface area contributed by atoms with Gasteiger partial charge in [-0.3, -0.25) is 14.7 Å². The Balaban J connectivity index is 0.00000361. The maximum Gasteiger partial charge on any atom is 0.278 e. The number of hydrogen-bond acceptors (Lipinski definition) is 8. The number of aryl methyl sites for hydroxylation is 2. The van der Waals surface area contributed by atoms with E-state index >= 15 is 0 Å². The molecule has 1 fully saturated rings. The number of carbonyl (C=O) groups excluding carboxylic acids is 1. The average Bonchev–Trinajstić information content (AvgIpc) is 2.81. The molecular formula is C26H34ClN7O2. The molecule has 36 heavy (non-hydrogen) atoms. The van der Waals surface area contributed by atoms with Gasteiger partial charge in [-0.25, -0.2) is 9.97 Å². The number of likely N-dealkylation sites (N-methyl/N-ethyl adjacent to an activating group) is 1. The second-order valence-electron chi connectivity index (χ2n) is 9.11. The number of rotatable bonds is 7. The van der Waals surface area contributed by atoms with Crippen LogP contribution in [0.3, 0.4) is 0 Å². The number of anilines is 2. The molecule has 1 atom stereocenters. The van der Waals surface area contributed by atoms with Gasteiger partial charge < -0.3 is 20.7 Å². The van der Waals surface area contributed by atoms with Crippen molar-refractivity contribution in [3.63, 3.8) is 0 Å². The van der Waals surface area contributed by atoms with Gasteiger partial charge in [0.05, 0.1) is 23.8 Å². The van der Waals surface area contributed by atoms with Gasteiger partial charge >= 0.3 is 0 Å². The number of nitrogen functional groups attached to an aromatic ring is 1. The van der Waals surface area contributed by atoms with Crippen molar-refractivity contribution in [1.29, 1.82) is 0 Å². The third-order valence-corrected chi connectivity index (χ3v) is 6.31. The van der Waals surface area contributed by atoms with Crippen LogP contribution < -0.4 is 15.8 Å². The molecule has 3 heterocycles. The number of nitrogens with one attached hydrogen (secondary N) is 1. The Hall–Kier alpha value is -3.27. The number of benzene rings is 1. The molecule has 4 rings (SSSR count). The zero-order chi connectivity index (χ0) is 24.9. The van der Waals surface area contributed by atoms with Gasteiger partial charge in [-0.15, -0.1) is 12.4 Å². The quantitative estimate of drug-likeness (QED) is 0.496. The summed E-state index contributed by atoms with van der Waals surface area (Å²) in [6, 6.07) is 8.02. The van der Waals surface area contributed by atoms with E-state index in [-0.39, 0.29) is 23.9 Å². The molecule has 1 aromatic carbocycles. The summed E-state index contributed by atoms with van der Waals surface area (Å²) < 4.78 is 6.10. The standard InChI is InChI=1S/C26H33N7O2.ClH/c1-17-12-21(35-11-10-33-9-8-32(4)16-19(33)3)13-18(2)23(17)22-15-29-25(27)24(31-22)26(34)30-20-6-5-7-28-14-20;/h5-7,12-15,19H,8-11,16H2,1-4H3,(H2,27,29)(H,30,34);1H. The van der Waals surface area contributed by atoms with Gasteiger partial charge in [-0.05, 0) is 63.2 Å². The van der Waals surface area contributed by atoms with E-state index in [0.717, 1.165) is 48.6 Å². The first-order valence-electron chi connectivity index (χ1n) is 11.8. The Morgan fingerprint density at radius 2 is 1.97 bits per heavy atom. The van der Waals surface area contributed by atoms with Crippen LogP contribution >= 0.6 is 12.4 Å². The fourth-order valence-corrected chi connectivity index (χ4v) is 4.51. The minimum Gasteiger partial charge on any atom is -0.492 e. The molecule has 1 aliphatic heterocycles. The molecule has 3 N–H and O–H groups in total. The molecule has 192 valence electrons. The summed E-state index contributed by atoms with van der Waals surface area (Å²) in [6.45, 7) is 11.0. The first-order chi connectivity index (χ1) is 16.8. The van der Waals surface area contributed by atoms with Crippen molar-refractivity contribution in [2.45, 2.75) is 26.8 Å². The molecule has 10 heteroatoms. The van der Waals surface area contributed by atoms with E-state index in [9.17, 15) is 4.79 Å². The van der Waals surface area contributed by atoms with Crippen LogP contribution in [0.5, 0.6) is 5.75 Å². The number of carbonyl (C=O) groups is 1.